The number of aryl methyl sites for hydroxylation is 1. The number of benzene rings is 2. The van der Waals surface area contributed by atoms with Crippen molar-refractivity contribution in [3.05, 3.63) is 54.1 Å². The van der Waals surface area contributed by atoms with Gasteiger partial charge in [0.15, 0.2) is 0 Å². The van der Waals surface area contributed by atoms with E-state index in [-0.39, 0.29) is 18.0 Å². The van der Waals surface area contributed by atoms with Gasteiger partial charge in [-0.05, 0) is 55.8 Å². The Morgan fingerprint density at radius 3 is 2.37 bits per heavy atom. The molecule has 0 bridgehead atoms. The number of carbonyl (C=O) groups excluding carboxylic acids is 1. The lowest BCUT2D eigenvalue weighted by Crippen LogP contribution is -2.48. The summed E-state index contributed by atoms with van der Waals surface area (Å²) in [5, 5.41) is 2.68. The quantitative estimate of drug-likeness (QED) is 0.465. The van der Waals surface area contributed by atoms with Gasteiger partial charge in [-0.2, -0.15) is 4.31 Å². The van der Waals surface area contributed by atoms with Gasteiger partial charge in [0.2, 0.25) is 26.0 Å². The molecule has 0 saturated carbocycles. The second-order valence-electron chi connectivity index (χ2n) is 8.20. The Morgan fingerprint density at radius 1 is 1.11 bits per heavy atom. The van der Waals surface area contributed by atoms with Crippen molar-refractivity contribution >= 4 is 31.6 Å². The molecule has 35 heavy (non-hydrogen) atoms. The summed E-state index contributed by atoms with van der Waals surface area (Å²) < 4.78 is 63.4. The molecule has 0 aliphatic carbocycles. The van der Waals surface area contributed by atoms with Gasteiger partial charge in [0.25, 0.3) is 0 Å². The summed E-state index contributed by atoms with van der Waals surface area (Å²) in [5.74, 6) is -0.0155. The van der Waals surface area contributed by atoms with Gasteiger partial charge in [-0.25, -0.2) is 16.8 Å². The Hall–Kier alpha value is -2.67. The highest BCUT2D eigenvalue weighted by atomic mass is 32.2. The predicted molar refractivity (Wildman–Crippen MR) is 132 cm³/mol. The molecule has 192 valence electrons. The van der Waals surface area contributed by atoms with E-state index in [4.69, 9.17) is 9.47 Å². The van der Waals surface area contributed by atoms with Gasteiger partial charge in [-0.1, -0.05) is 12.1 Å². The van der Waals surface area contributed by atoms with Crippen molar-refractivity contribution in [2.75, 3.05) is 50.0 Å². The zero-order valence-electron chi connectivity index (χ0n) is 20.0. The normalized spacial score (nSPS) is 15.9. The van der Waals surface area contributed by atoms with Crippen molar-refractivity contribution in [1.82, 2.24) is 9.62 Å². The van der Waals surface area contributed by atoms with E-state index in [0.717, 1.165) is 16.1 Å². The van der Waals surface area contributed by atoms with E-state index in [9.17, 15) is 21.6 Å². The number of amides is 1. The number of nitrogens with one attached hydrogen (secondary N) is 1. The Morgan fingerprint density at radius 2 is 1.77 bits per heavy atom. The van der Waals surface area contributed by atoms with Gasteiger partial charge >= 0.3 is 0 Å². The standard InChI is InChI=1S/C23H31N3O7S2/c1-18-5-4-6-20(17-18)26(34(3,28)29)19(2)23(27)24-11-14-33-21-7-9-22(10-8-21)35(30,31)25-12-15-32-16-13-25/h4-10,17,19H,11-16H2,1-3H3,(H,24,27)/t19-/m1/s1. The number of carbonyl (C=O) groups is 1. The number of nitrogens with zero attached hydrogens (tertiary/aromatic N) is 2. The zero-order valence-corrected chi connectivity index (χ0v) is 21.6. The first kappa shape index (κ1) is 26.9. The molecular weight excluding hydrogens is 494 g/mol. The molecule has 0 radical (unpaired) electrons. The Kier molecular flexibility index (Phi) is 8.75. The summed E-state index contributed by atoms with van der Waals surface area (Å²) in [7, 11) is -7.28. The molecule has 0 aromatic heterocycles. The third-order valence-electron chi connectivity index (χ3n) is 5.45. The van der Waals surface area contributed by atoms with Crippen LogP contribution in [0.3, 0.4) is 0 Å². The lowest BCUT2D eigenvalue weighted by atomic mass is 10.2. The van der Waals surface area contributed by atoms with Crippen molar-refractivity contribution in [3.63, 3.8) is 0 Å². The summed E-state index contributed by atoms with van der Waals surface area (Å²) in [4.78, 5) is 12.8. The van der Waals surface area contributed by atoms with Gasteiger partial charge in [0, 0.05) is 13.1 Å². The third kappa shape index (κ3) is 6.94. The lowest BCUT2D eigenvalue weighted by molar-refractivity contribution is -0.121. The predicted octanol–water partition coefficient (Wildman–Crippen LogP) is 1.37. The van der Waals surface area contributed by atoms with Gasteiger partial charge < -0.3 is 14.8 Å². The zero-order chi connectivity index (χ0) is 25.6. The second kappa shape index (κ2) is 11.4. The first-order valence-corrected chi connectivity index (χ1v) is 14.4. The van der Waals surface area contributed by atoms with E-state index < -0.39 is 32.0 Å². The summed E-state index contributed by atoms with van der Waals surface area (Å²) in [6.45, 7) is 5.01. The van der Waals surface area contributed by atoms with Crippen molar-refractivity contribution < 1.29 is 31.1 Å². The highest BCUT2D eigenvalue weighted by Gasteiger charge is 2.29. The second-order valence-corrected chi connectivity index (χ2v) is 12.0. The van der Waals surface area contributed by atoms with Crippen molar-refractivity contribution in [2.45, 2.75) is 24.8 Å². The fourth-order valence-corrected chi connectivity index (χ4v) is 6.28. The van der Waals surface area contributed by atoms with Crippen LogP contribution >= 0.6 is 0 Å². The van der Waals surface area contributed by atoms with Gasteiger partial charge in [-0.3, -0.25) is 9.10 Å². The Balaban J connectivity index is 1.54. The van der Waals surface area contributed by atoms with E-state index in [1.807, 2.05) is 13.0 Å². The molecular formula is C23H31N3O7S2. The minimum atomic E-state index is -3.70. The van der Waals surface area contributed by atoms with E-state index in [1.54, 1.807) is 30.3 Å². The SMILES string of the molecule is Cc1cccc(N([C@H](C)C(=O)NCCOc2ccc(S(=O)(=O)N3CCOCC3)cc2)S(C)(=O)=O)c1. The van der Waals surface area contributed by atoms with Crippen LogP contribution in [0.5, 0.6) is 5.75 Å². The number of hydrogen-bond donors (Lipinski definition) is 1. The van der Waals surface area contributed by atoms with Gasteiger partial charge in [0.1, 0.15) is 18.4 Å². The Bertz CT molecular complexity index is 1230. The number of hydrogen-bond acceptors (Lipinski definition) is 7. The molecule has 1 aliphatic rings. The van der Waals surface area contributed by atoms with E-state index in [1.165, 1.54) is 23.4 Å². The minimum Gasteiger partial charge on any atom is -0.492 e. The molecule has 2 aromatic carbocycles. The first-order valence-electron chi connectivity index (χ1n) is 11.1. The van der Waals surface area contributed by atoms with Crippen LogP contribution in [0.1, 0.15) is 12.5 Å². The molecule has 0 spiro atoms. The van der Waals surface area contributed by atoms with E-state index >= 15 is 0 Å². The van der Waals surface area contributed by atoms with Crippen LogP contribution in [-0.2, 0) is 29.6 Å². The van der Waals surface area contributed by atoms with Crippen molar-refractivity contribution in [3.8, 4) is 5.75 Å². The van der Waals surface area contributed by atoms with Crippen LogP contribution in [0.15, 0.2) is 53.4 Å². The monoisotopic (exact) mass is 525 g/mol. The highest BCUT2D eigenvalue weighted by molar-refractivity contribution is 7.92. The highest BCUT2D eigenvalue weighted by Crippen LogP contribution is 2.22. The molecule has 1 N–H and O–H groups in total. The minimum absolute atomic E-state index is 0.122. The maximum atomic E-state index is 12.7. The smallest absolute Gasteiger partial charge is 0.243 e. The molecule has 10 nitrogen and oxygen atoms in total. The number of morpholine rings is 1. The number of rotatable bonds is 10. The fourth-order valence-electron chi connectivity index (χ4n) is 3.71. The number of anilines is 1. The van der Waals surface area contributed by atoms with Crippen LogP contribution in [0.4, 0.5) is 5.69 Å². The number of sulfonamides is 2. The molecule has 12 heteroatoms. The molecule has 1 atom stereocenters. The summed E-state index contributed by atoms with van der Waals surface area (Å²) in [6.07, 6.45) is 1.06. The van der Waals surface area contributed by atoms with Crippen LogP contribution in [0.2, 0.25) is 0 Å². The largest absolute Gasteiger partial charge is 0.492 e. The fraction of sp³-hybridized carbons (Fsp3) is 0.435. The first-order chi connectivity index (χ1) is 16.5. The lowest BCUT2D eigenvalue weighted by Gasteiger charge is -2.28. The topological polar surface area (TPSA) is 122 Å². The summed E-state index contributed by atoms with van der Waals surface area (Å²) >= 11 is 0. The Labute approximate surface area is 206 Å². The van der Waals surface area contributed by atoms with E-state index in [2.05, 4.69) is 5.32 Å². The van der Waals surface area contributed by atoms with Crippen molar-refractivity contribution in [2.24, 2.45) is 0 Å². The molecule has 3 rings (SSSR count). The summed E-state index contributed by atoms with van der Waals surface area (Å²) in [5.41, 5.74) is 1.29. The molecule has 1 heterocycles. The molecule has 1 fully saturated rings. The van der Waals surface area contributed by atoms with Gasteiger partial charge in [-0.15, -0.1) is 0 Å². The number of ether oxygens (including phenoxy) is 2. The maximum Gasteiger partial charge on any atom is 0.243 e. The third-order valence-corrected chi connectivity index (χ3v) is 8.60. The molecule has 1 saturated heterocycles. The van der Waals surface area contributed by atoms with Crippen LogP contribution in [0.25, 0.3) is 0 Å². The maximum absolute atomic E-state index is 12.7. The molecule has 1 aliphatic heterocycles. The molecule has 0 unspecified atom stereocenters. The van der Waals surface area contributed by atoms with Crippen LogP contribution in [0, 0.1) is 6.92 Å². The molecule has 2 aromatic rings. The van der Waals surface area contributed by atoms with Gasteiger partial charge in [0.05, 0.1) is 36.6 Å². The van der Waals surface area contributed by atoms with Crippen LogP contribution in [-0.4, -0.2) is 78.8 Å². The summed E-state index contributed by atoms with van der Waals surface area (Å²) in [6, 6.07) is 12.0. The van der Waals surface area contributed by atoms with Crippen LogP contribution < -0.4 is 14.4 Å². The van der Waals surface area contributed by atoms with E-state index in [0.29, 0.717) is 37.7 Å². The molecule has 1 amide bonds. The van der Waals surface area contributed by atoms with Crippen molar-refractivity contribution in [1.29, 1.82) is 0 Å². The average Bonchev–Trinajstić information content (AvgIpc) is 2.82. The average molecular weight is 526 g/mol.